The van der Waals surface area contributed by atoms with Crippen molar-refractivity contribution in [2.45, 2.75) is 26.4 Å². The molecular formula is C15H20BrN3O. The second-order valence-corrected chi connectivity index (χ2v) is 5.31. The van der Waals surface area contributed by atoms with Crippen LogP contribution in [-0.2, 0) is 6.54 Å². The number of aryl methyl sites for hydroxylation is 1. The van der Waals surface area contributed by atoms with E-state index in [1.54, 1.807) is 7.11 Å². The highest BCUT2D eigenvalue weighted by molar-refractivity contribution is 9.10. The fourth-order valence-corrected chi connectivity index (χ4v) is 2.87. The van der Waals surface area contributed by atoms with Crippen LogP contribution in [-0.4, -0.2) is 23.4 Å². The van der Waals surface area contributed by atoms with Crippen molar-refractivity contribution in [2.75, 3.05) is 13.7 Å². The summed E-state index contributed by atoms with van der Waals surface area (Å²) >= 11 is 3.55. The van der Waals surface area contributed by atoms with Crippen LogP contribution in [0.5, 0.6) is 5.75 Å². The van der Waals surface area contributed by atoms with Crippen LogP contribution in [0.15, 0.2) is 34.9 Å². The Bertz CT molecular complexity index is 568. The average molecular weight is 338 g/mol. The van der Waals surface area contributed by atoms with Gasteiger partial charge in [0.1, 0.15) is 5.75 Å². The lowest BCUT2D eigenvalue weighted by molar-refractivity contribution is 0.411. The average Bonchev–Trinajstić information content (AvgIpc) is 2.92. The Kier molecular flexibility index (Phi) is 5.20. The van der Waals surface area contributed by atoms with Crippen LogP contribution in [0.3, 0.4) is 0 Å². The van der Waals surface area contributed by atoms with Crippen LogP contribution >= 0.6 is 15.9 Å². The molecule has 0 fully saturated rings. The van der Waals surface area contributed by atoms with Crippen molar-refractivity contribution in [2.24, 2.45) is 0 Å². The van der Waals surface area contributed by atoms with Crippen molar-refractivity contribution < 1.29 is 4.74 Å². The Balaban J connectivity index is 2.40. The number of aromatic nitrogens is 2. The van der Waals surface area contributed by atoms with E-state index >= 15 is 0 Å². The number of methoxy groups -OCH3 is 1. The molecule has 2 aromatic rings. The summed E-state index contributed by atoms with van der Waals surface area (Å²) < 4.78 is 8.27. The normalized spacial score (nSPS) is 12.4. The third-order valence-corrected chi connectivity index (χ3v) is 3.88. The number of rotatable bonds is 6. The van der Waals surface area contributed by atoms with E-state index in [4.69, 9.17) is 4.74 Å². The summed E-state index contributed by atoms with van der Waals surface area (Å²) in [4.78, 5) is 0. The van der Waals surface area contributed by atoms with E-state index in [-0.39, 0.29) is 6.04 Å². The molecule has 0 aliphatic heterocycles. The first-order valence-electron chi connectivity index (χ1n) is 6.79. The monoisotopic (exact) mass is 337 g/mol. The SMILES string of the molecule is CCNC(c1ccc(OC)c(Br)c1)c1ccnn1CC. The maximum atomic E-state index is 5.29. The van der Waals surface area contributed by atoms with Crippen LogP contribution in [0.25, 0.3) is 0 Å². The highest BCUT2D eigenvalue weighted by Crippen LogP contribution is 2.30. The molecule has 0 aliphatic rings. The summed E-state index contributed by atoms with van der Waals surface area (Å²) in [5, 5.41) is 7.88. The molecule has 1 aromatic carbocycles. The van der Waals surface area contributed by atoms with E-state index in [0.717, 1.165) is 23.3 Å². The van der Waals surface area contributed by atoms with Crippen LogP contribution in [0.2, 0.25) is 0 Å². The van der Waals surface area contributed by atoms with Gasteiger partial charge in [-0.05, 0) is 53.2 Å². The van der Waals surface area contributed by atoms with Gasteiger partial charge in [-0.1, -0.05) is 13.0 Å². The Morgan fingerprint density at radius 3 is 2.75 bits per heavy atom. The van der Waals surface area contributed by atoms with E-state index in [1.807, 2.05) is 16.9 Å². The molecule has 2 rings (SSSR count). The number of halogens is 1. The van der Waals surface area contributed by atoms with E-state index < -0.39 is 0 Å². The Hall–Kier alpha value is -1.33. The standard InChI is InChI=1S/C15H20BrN3O/c1-4-17-15(13-8-9-18-19(13)5-2)11-6-7-14(20-3)12(16)10-11/h6-10,15,17H,4-5H2,1-3H3. The molecule has 5 heteroatoms. The third-order valence-electron chi connectivity index (χ3n) is 3.26. The molecule has 0 saturated heterocycles. The summed E-state index contributed by atoms with van der Waals surface area (Å²) in [7, 11) is 1.67. The lowest BCUT2D eigenvalue weighted by Gasteiger charge is -2.20. The molecule has 4 nitrogen and oxygen atoms in total. The second kappa shape index (κ2) is 6.90. The predicted octanol–water partition coefficient (Wildman–Crippen LogP) is 3.37. The molecule has 1 N–H and O–H groups in total. The van der Waals surface area contributed by atoms with Crippen molar-refractivity contribution >= 4 is 15.9 Å². The van der Waals surface area contributed by atoms with Gasteiger partial charge in [0.05, 0.1) is 23.3 Å². The number of nitrogens with zero attached hydrogens (tertiary/aromatic N) is 2. The summed E-state index contributed by atoms with van der Waals surface area (Å²) in [6, 6.07) is 8.36. The first kappa shape index (κ1) is 15.1. The van der Waals surface area contributed by atoms with Gasteiger partial charge in [0.15, 0.2) is 0 Å². The van der Waals surface area contributed by atoms with Gasteiger partial charge in [-0.3, -0.25) is 4.68 Å². The first-order chi connectivity index (χ1) is 9.71. The van der Waals surface area contributed by atoms with Crippen LogP contribution < -0.4 is 10.1 Å². The molecule has 0 bridgehead atoms. The highest BCUT2D eigenvalue weighted by atomic mass is 79.9. The zero-order chi connectivity index (χ0) is 14.5. The minimum absolute atomic E-state index is 0.129. The van der Waals surface area contributed by atoms with Gasteiger partial charge in [-0.25, -0.2) is 0 Å². The van der Waals surface area contributed by atoms with Crippen molar-refractivity contribution in [1.82, 2.24) is 15.1 Å². The molecule has 1 heterocycles. The topological polar surface area (TPSA) is 39.1 Å². The quantitative estimate of drug-likeness (QED) is 0.878. The van der Waals surface area contributed by atoms with Crippen molar-refractivity contribution in [3.63, 3.8) is 0 Å². The molecule has 0 aliphatic carbocycles. The van der Waals surface area contributed by atoms with Gasteiger partial charge in [0.25, 0.3) is 0 Å². The number of hydrogen-bond donors (Lipinski definition) is 1. The van der Waals surface area contributed by atoms with Crippen LogP contribution in [0.4, 0.5) is 0 Å². The minimum Gasteiger partial charge on any atom is -0.496 e. The predicted molar refractivity (Wildman–Crippen MR) is 84.1 cm³/mol. The smallest absolute Gasteiger partial charge is 0.133 e. The zero-order valence-corrected chi connectivity index (χ0v) is 13.6. The molecule has 0 spiro atoms. The second-order valence-electron chi connectivity index (χ2n) is 4.46. The number of benzene rings is 1. The molecule has 0 saturated carbocycles. The summed E-state index contributed by atoms with van der Waals surface area (Å²) in [5.74, 6) is 0.841. The summed E-state index contributed by atoms with van der Waals surface area (Å²) in [6.07, 6.45) is 1.85. The fourth-order valence-electron chi connectivity index (χ4n) is 2.31. The molecule has 1 aromatic heterocycles. The largest absolute Gasteiger partial charge is 0.496 e. The zero-order valence-electron chi connectivity index (χ0n) is 12.1. The highest BCUT2D eigenvalue weighted by Gasteiger charge is 2.18. The van der Waals surface area contributed by atoms with Gasteiger partial charge >= 0.3 is 0 Å². The van der Waals surface area contributed by atoms with E-state index in [0.29, 0.717) is 0 Å². The van der Waals surface area contributed by atoms with Crippen molar-refractivity contribution in [3.8, 4) is 5.75 Å². The summed E-state index contributed by atoms with van der Waals surface area (Å²) in [5.41, 5.74) is 2.36. The maximum Gasteiger partial charge on any atom is 0.133 e. The van der Waals surface area contributed by atoms with E-state index in [1.165, 1.54) is 11.3 Å². The Labute approximate surface area is 128 Å². The molecule has 108 valence electrons. The summed E-state index contributed by atoms with van der Waals surface area (Å²) in [6.45, 7) is 5.96. The molecule has 0 radical (unpaired) electrons. The molecule has 1 atom stereocenters. The lowest BCUT2D eigenvalue weighted by Crippen LogP contribution is -2.24. The Morgan fingerprint density at radius 1 is 1.35 bits per heavy atom. The number of ether oxygens (including phenoxy) is 1. The van der Waals surface area contributed by atoms with E-state index in [2.05, 4.69) is 58.4 Å². The Morgan fingerprint density at radius 2 is 2.15 bits per heavy atom. The van der Waals surface area contributed by atoms with Gasteiger partial charge in [-0.15, -0.1) is 0 Å². The first-order valence-corrected chi connectivity index (χ1v) is 7.59. The lowest BCUT2D eigenvalue weighted by atomic mass is 10.0. The van der Waals surface area contributed by atoms with Crippen molar-refractivity contribution in [1.29, 1.82) is 0 Å². The van der Waals surface area contributed by atoms with Crippen LogP contribution in [0, 0.1) is 0 Å². The molecular weight excluding hydrogens is 318 g/mol. The van der Waals surface area contributed by atoms with E-state index in [9.17, 15) is 0 Å². The van der Waals surface area contributed by atoms with Gasteiger partial charge < -0.3 is 10.1 Å². The van der Waals surface area contributed by atoms with Gasteiger partial charge in [0, 0.05) is 12.7 Å². The molecule has 20 heavy (non-hydrogen) atoms. The number of hydrogen-bond acceptors (Lipinski definition) is 3. The van der Waals surface area contributed by atoms with Gasteiger partial charge in [-0.2, -0.15) is 5.10 Å². The maximum absolute atomic E-state index is 5.29. The van der Waals surface area contributed by atoms with Crippen molar-refractivity contribution in [3.05, 3.63) is 46.2 Å². The molecule has 1 unspecified atom stereocenters. The third kappa shape index (κ3) is 3.04. The fraction of sp³-hybridized carbons (Fsp3) is 0.400. The van der Waals surface area contributed by atoms with Crippen LogP contribution in [0.1, 0.15) is 31.1 Å². The minimum atomic E-state index is 0.129. The molecule has 0 amide bonds. The number of nitrogens with one attached hydrogen (secondary N) is 1. The van der Waals surface area contributed by atoms with Gasteiger partial charge in [0.2, 0.25) is 0 Å².